The third kappa shape index (κ3) is 0.741. The lowest BCUT2D eigenvalue weighted by molar-refractivity contribution is 0.305. The van der Waals surface area contributed by atoms with E-state index in [0.29, 0.717) is 17.8 Å². The van der Waals surface area contributed by atoms with E-state index in [2.05, 4.69) is 11.4 Å². The number of nitriles is 1. The van der Waals surface area contributed by atoms with E-state index in [9.17, 15) is 0 Å². The molecule has 1 N–H and O–H groups in total. The lowest BCUT2D eigenvalue weighted by Crippen LogP contribution is -2.37. The van der Waals surface area contributed by atoms with Gasteiger partial charge in [0.2, 0.25) is 0 Å². The lowest BCUT2D eigenvalue weighted by atomic mass is 9.88. The molecule has 2 rings (SSSR count). The Bertz CT molecular complexity index is 155. The van der Waals surface area contributed by atoms with Crippen LogP contribution in [0.4, 0.5) is 0 Å². The molecule has 0 spiro atoms. The summed E-state index contributed by atoms with van der Waals surface area (Å²) in [6.07, 6.45) is 2.55. The molecule has 2 fully saturated rings. The van der Waals surface area contributed by atoms with Crippen molar-refractivity contribution in [3.8, 4) is 6.07 Å². The highest BCUT2D eigenvalue weighted by molar-refractivity contribution is 5.01. The van der Waals surface area contributed by atoms with Gasteiger partial charge in [0.1, 0.15) is 0 Å². The van der Waals surface area contributed by atoms with Gasteiger partial charge >= 0.3 is 0 Å². The van der Waals surface area contributed by atoms with Crippen molar-refractivity contribution in [3.63, 3.8) is 0 Å². The summed E-state index contributed by atoms with van der Waals surface area (Å²) in [5.41, 5.74) is 0. The molecular formula is C8H12N2. The minimum atomic E-state index is 0.376. The Hall–Kier alpha value is -0.550. The molecule has 1 aliphatic carbocycles. The highest BCUT2D eigenvalue weighted by atomic mass is 14.9. The number of nitrogens with one attached hydrogen (secondary N) is 1. The van der Waals surface area contributed by atoms with E-state index >= 15 is 0 Å². The second-order valence-corrected chi connectivity index (χ2v) is 3.41. The third-order valence-corrected chi connectivity index (χ3v) is 2.89. The van der Waals surface area contributed by atoms with Gasteiger partial charge in [-0.05, 0) is 37.8 Å². The Morgan fingerprint density at radius 2 is 1.80 bits per heavy atom. The van der Waals surface area contributed by atoms with Crippen LogP contribution >= 0.6 is 0 Å². The molecule has 2 heteroatoms. The third-order valence-electron chi connectivity index (χ3n) is 2.89. The lowest BCUT2D eigenvalue weighted by Gasteiger charge is -2.24. The van der Waals surface area contributed by atoms with Crippen molar-refractivity contribution in [2.45, 2.75) is 12.8 Å². The van der Waals surface area contributed by atoms with Gasteiger partial charge in [0.15, 0.2) is 0 Å². The standard InChI is InChI=1S/C8H12N2/c9-3-8-6-1-2-7(8)5-10-4-6/h6-8,10H,1-2,4-5H2/t6-,7+,8+. The molecule has 1 saturated heterocycles. The first-order valence-electron chi connectivity index (χ1n) is 4.02. The number of piperidine rings is 1. The number of rotatable bonds is 0. The van der Waals surface area contributed by atoms with E-state index in [4.69, 9.17) is 5.26 Å². The van der Waals surface area contributed by atoms with Gasteiger partial charge in [0.25, 0.3) is 0 Å². The highest BCUT2D eigenvalue weighted by Crippen LogP contribution is 2.38. The van der Waals surface area contributed by atoms with Crippen molar-refractivity contribution >= 4 is 0 Å². The minimum absolute atomic E-state index is 0.376. The summed E-state index contributed by atoms with van der Waals surface area (Å²) < 4.78 is 0. The van der Waals surface area contributed by atoms with E-state index in [-0.39, 0.29) is 0 Å². The Labute approximate surface area is 61.2 Å². The summed E-state index contributed by atoms with van der Waals surface area (Å²) in [7, 11) is 0. The average molecular weight is 136 g/mol. The van der Waals surface area contributed by atoms with Gasteiger partial charge in [-0.25, -0.2) is 0 Å². The molecule has 3 atom stereocenters. The molecule has 0 aromatic carbocycles. The molecule has 1 aliphatic heterocycles. The van der Waals surface area contributed by atoms with E-state index in [1.165, 1.54) is 12.8 Å². The van der Waals surface area contributed by atoms with Crippen LogP contribution in [0.1, 0.15) is 12.8 Å². The largest absolute Gasteiger partial charge is 0.316 e. The van der Waals surface area contributed by atoms with E-state index < -0.39 is 0 Å². The highest BCUT2D eigenvalue weighted by Gasteiger charge is 2.38. The van der Waals surface area contributed by atoms with Crippen molar-refractivity contribution in [2.75, 3.05) is 13.1 Å². The van der Waals surface area contributed by atoms with Crippen molar-refractivity contribution in [1.82, 2.24) is 5.32 Å². The van der Waals surface area contributed by atoms with Gasteiger partial charge in [0, 0.05) is 0 Å². The zero-order valence-corrected chi connectivity index (χ0v) is 6.01. The second kappa shape index (κ2) is 2.25. The number of nitrogens with zero attached hydrogens (tertiary/aromatic N) is 1. The van der Waals surface area contributed by atoms with Crippen molar-refractivity contribution < 1.29 is 0 Å². The molecule has 0 aromatic rings. The van der Waals surface area contributed by atoms with Crippen LogP contribution in [0.5, 0.6) is 0 Å². The summed E-state index contributed by atoms with van der Waals surface area (Å²) in [5, 5.41) is 12.2. The maximum Gasteiger partial charge on any atom is 0.0662 e. The zero-order chi connectivity index (χ0) is 6.97. The molecule has 54 valence electrons. The van der Waals surface area contributed by atoms with Gasteiger partial charge in [-0.3, -0.25) is 0 Å². The Morgan fingerprint density at radius 3 is 2.20 bits per heavy atom. The van der Waals surface area contributed by atoms with Crippen LogP contribution in [-0.2, 0) is 0 Å². The molecule has 2 aliphatic rings. The summed E-state index contributed by atoms with van der Waals surface area (Å²) >= 11 is 0. The molecule has 2 nitrogen and oxygen atoms in total. The summed E-state index contributed by atoms with van der Waals surface area (Å²) in [5.74, 6) is 1.72. The first kappa shape index (κ1) is 6.18. The fourth-order valence-electron chi connectivity index (χ4n) is 2.30. The van der Waals surface area contributed by atoms with Gasteiger partial charge in [0.05, 0.1) is 12.0 Å². The molecular weight excluding hydrogens is 124 g/mol. The fourth-order valence-corrected chi connectivity index (χ4v) is 2.30. The number of hydrogen-bond acceptors (Lipinski definition) is 2. The predicted molar refractivity (Wildman–Crippen MR) is 38.2 cm³/mol. The smallest absolute Gasteiger partial charge is 0.0662 e. The van der Waals surface area contributed by atoms with Crippen LogP contribution in [-0.4, -0.2) is 13.1 Å². The van der Waals surface area contributed by atoms with E-state index in [0.717, 1.165) is 13.1 Å². The van der Waals surface area contributed by atoms with Gasteiger partial charge in [-0.1, -0.05) is 0 Å². The molecule has 0 radical (unpaired) electrons. The normalized spacial score (nSPS) is 44.9. The summed E-state index contributed by atoms with van der Waals surface area (Å²) in [6, 6.07) is 2.43. The number of fused-ring (bicyclic) bond motifs is 2. The van der Waals surface area contributed by atoms with Crippen LogP contribution < -0.4 is 5.32 Å². The molecule has 1 heterocycles. The van der Waals surface area contributed by atoms with Gasteiger partial charge < -0.3 is 5.32 Å². The first-order chi connectivity index (χ1) is 4.92. The number of hydrogen-bond donors (Lipinski definition) is 1. The van der Waals surface area contributed by atoms with Crippen LogP contribution in [0.15, 0.2) is 0 Å². The van der Waals surface area contributed by atoms with Crippen LogP contribution in [0, 0.1) is 29.1 Å². The van der Waals surface area contributed by atoms with Gasteiger partial charge in [-0.15, -0.1) is 0 Å². The minimum Gasteiger partial charge on any atom is -0.316 e. The zero-order valence-electron chi connectivity index (χ0n) is 6.01. The first-order valence-corrected chi connectivity index (χ1v) is 4.02. The summed E-state index contributed by atoms with van der Waals surface area (Å²) in [4.78, 5) is 0. The molecule has 0 aromatic heterocycles. The molecule has 0 unspecified atom stereocenters. The van der Waals surface area contributed by atoms with Crippen molar-refractivity contribution in [1.29, 1.82) is 5.26 Å². The van der Waals surface area contributed by atoms with Crippen molar-refractivity contribution in [3.05, 3.63) is 0 Å². The maximum atomic E-state index is 8.79. The monoisotopic (exact) mass is 136 g/mol. The molecule has 10 heavy (non-hydrogen) atoms. The topological polar surface area (TPSA) is 35.8 Å². The van der Waals surface area contributed by atoms with E-state index in [1.54, 1.807) is 0 Å². The molecule has 0 amide bonds. The van der Waals surface area contributed by atoms with Gasteiger partial charge in [-0.2, -0.15) is 5.26 Å². The quantitative estimate of drug-likeness (QED) is 0.533. The molecule has 2 bridgehead atoms. The van der Waals surface area contributed by atoms with Crippen LogP contribution in [0.25, 0.3) is 0 Å². The fraction of sp³-hybridized carbons (Fsp3) is 0.875. The molecule has 1 saturated carbocycles. The van der Waals surface area contributed by atoms with E-state index in [1.807, 2.05) is 0 Å². The maximum absolute atomic E-state index is 8.79. The Kier molecular flexibility index (Phi) is 1.39. The van der Waals surface area contributed by atoms with Crippen molar-refractivity contribution in [2.24, 2.45) is 17.8 Å². The van der Waals surface area contributed by atoms with Crippen LogP contribution in [0.3, 0.4) is 0 Å². The predicted octanol–water partition coefficient (Wildman–Crippen LogP) is 0.756. The SMILES string of the molecule is N#C[C@H]1[C@@H]2CC[C@H]1CNC2. The Balaban J connectivity index is 2.15. The summed E-state index contributed by atoms with van der Waals surface area (Å²) in [6.45, 7) is 2.16. The Morgan fingerprint density at radius 1 is 1.20 bits per heavy atom. The second-order valence-electron chi connectivity index (χ2n) is 3.41. The van der Waals surface area contributed by atoms with Crippen LogP contribution in [0.2, 0.25) is 0 Å². The average Bonchev–Trinajstić information content (AvgIpc) is 2.19.